The van der Waals surface area contributed by atoms with Gasteiger partial charge in [-0.3, -0.25) is 0 Å². The van der Waals surface area contributed by atoms with Crippen LogP contribution < -0.4 is 0 Å². The Morgan fingerprint density at radius 1 is 1.05 bits per heavy atom. The van der Waals surface area contributed by atoms with Gasteiger partial charge in [0.05, 0.1) is 18.2 Å². The number of hydrogen-bond acceptors (Lipinski definition) is 2. The molecule has 0 atom stereocenters. The van der Waals surface area contributed by atoms with E-state index in [9.17, 15) is 4.39 Å². The van der Waals surface area contributed by atoms with Crippen molar-refractivity contribution in [2.45, 2.75) is 6.42 Å². The van der Waals surface area contributed by atoms with Gasteiger partial charge in [0.2, 0.25) is 0 Å². The number of nitrogens with zero attached hydrogens (tertiary/aromatic N) is 3. The van der Waals surface area contributed by atoms with Crippen molar-refractivity contribution in [3.63, 3.8) is 0 Å². The zero-order valence-electron chi connectivity index (χ0n) is 11.2. The predicted octanol–water partition coefficient (Wildman–Crippen LogP) is 3.74. The lowest BCUT2D eigenvalue weighted by molar-refractivity contribution is 0.610. The van der Waals surface area contributed by atoms with E-state index in [0.29, 0.717) is 11.4 Å². The summed E-state index contributed by atoms with van der Waals surface area (Å²) in [6.07, 6.45) is 1.95. The molecule has 0 amide bonds. The SMILES string of the molecule is N#CCc1nn(-c2ccccc2F)cc1-c1ccccc1. The van der Waals surface area contributed by atoms with Crippen molar-refractivity contribution >= 4 is 0 Å². The van der Waals surface area contributed by atoms with Crippen molar-refractivity contribution in [3.05, 3.63) is 72.3 Å². The molecule has 0 N–H and O–H groups in total. The van der Waals surface area contributed by atoms with Gasteiger partial charge < -0.3 is 0 Å². The largest absolute Gasteiger partial charge is 0.237 e. The van der Waals surface area contributed by atoms with Gasteiger partial charge in [0.15, 0.2) is 0 Å². The molecule has 0 aliphatic rings. The Balaban J connectivity index is 2.14. The van der Waals surface area contributed by atoms with Crippen LogP contribution in [0.1, 0.15) is 5.69 Å². The van der Waals surface area contributed by atoms with Gasteiger partial charge in [0, 0.05) is 11.8 Å². The maximum atomic E-state index is 13.9. The van der Waals surface area contributed by atoms with Crippen LogP contribution in [0.2, 0.25) is 0 Å². The molecule has 3 nitrogen and oxygen atoms in total. The standard InChI is InChI=1S/C17H12FN3/c18-15-8-4-5-9-17(15)21-12-14(16(20-21)10-11-19)13-6-2-1-3-7-13/h1-9,12H,10H2. The summed E-state index contributed by atoms with van der Waals surface area (Å²) in [5, 5.41) is 13.3. The first-order valence-electron chi connectivity index (χ1n) is 6.55. The van der Waals surface area contributed by atoms with Gasteiger partial charge in [-0.2, -0.15) is 10.4 Å². The van der Waals surface area contributed by atoms with Crippen LogP contribution in [0.15, 0.2) is 60.8 Å². The number of aromatic nitrogens is 2. The van der Waals surface area contributed by atoms with E-state index in [4.69, 9.17) is 5.26 Å². The monoisotopic (exact) mass is 277 g/mol. The Morgan fingerprint density at radius 2 is 1.76 bits per heavy atom. The van der Waals surface area contributed by atoms with Crippen LogP contribution in [0.4, 0.5) is 4.39 Å². The fourth-order valence-electron chi connectivity index (χ4n) is 2.23. The van der Waals surface area contributed by atoms with Crippen LogP contribution in [-0.4, -0.2) is 9.78 Å². The van der Waals surface area contributed by atoms with E-state index in [-0.39, 0.29) is 12.2 Å². The lowest BCUT2D eigenvalue weighted by Gasteiger charge is -2.01. The molecular formula is C17H12FN3. The van der Waals surface area contributed by atoms with Crippen LogP contribution >= 0.6 is 0 Å². The van der Waals surface area contributed by atoms with Crippen molar-refractivity contribution in [1.82, 2.24) is 9.78 Å². The number of rotatable bonds is 3. The van der Waals surface area contributed by atoms with Gasteiger partial charge in [-0.05, 0) is 17.7 Å². The molecule has 0 bridgehead atoms. The van der Waals surface area contributed by atoms with Crippen molar-refractivity contribution < 1.29 is 4.39 Å². The van der Waals surface area contributed by atoms with Crippen molar-refractivity contribution in [2.24, 2.45) is 0 Å². The fourth-order valence-corrected chi connectivity index (χ4v) is 2.23. The third kappa shape index (κ3) is 2.54. The van der Waals surface area contributed by atoms with E-state index in [0.717, 1.165) is 11.1 Å². The van der Waals surface area contributed by atoms with Crippen LogP contribution in [0.5, 0.6) is 0 Å². The normalized spacial score (nSPS) is 10.3. The third-order valence-corrected chi connectivity index (χ3v) is 3.22. The predicted molar refractivity (Wildman–Crippen MR) is 78.3 cm³/mol. The molecule has 0 spiro atoms. The first-order chi connectivity index (χ1) is 10.3. The highest BCUT2D eigenvalue weighted by Gasteiger charge is 2.13. The average Bonchev–Trinajstić information content (AvgIpc) is 2.93. The van der Waals surface area contributed by atoms with E-state index in [1.54, 1.807) is 24.4 Å². The second-order valence-corrected chi connectivity index (χ2v) is 4.59. The molecule has 4 heteroatoms. The number of para-hydroxylation sites is 1. The molecule has 0 saturated carbocycles. The second-order valence-electron chi connectivity index (χ2n) is 4.59. The summed E-state index contributed by atoms with van der Waals surface area (Å²) in [5.74, 6) is -0.344. The maximum absolute atomic E-state index is 13.9. The van der Waals surface area contributed by atoms with Gasteiger partial charge in [0.25, 0.3) is 0 Å². The minimum absolute atomic E-state index is 0.186. The molecule has 3 aromatic rings. The lowest BCUT2D eigenvalue weighted by atomic mass is 10.1. The zero-order chi connectivity index (χ0) is 14.7. The molecule has 2 aromatic carbocycles. The fraction of sp³-hybridized carbons (Fsp3) is 0.0588. The Morgan fingerprint density at radius 3 is 2.48 bits per heavy atom. The summed E-state index contributed by atoms with van der Waals surface area (Å²) in [4.78, 5) is 0. The van der Waals surface area contributed by atoms with E-state index in [1.165, 1.54) is 10.7 Å². The Kier molecular flexibility index (Phi) is 3.48. The highest BCUT2D eigenvalue weighted by Crippen LogP contribution is 2.25. The molecule has 0 aliphatic heterocycles. The third-order valence-electron chi connectivity index (χ3n) is 3.22. The van der Waals surface area contributed by atoms with Gasteiger partial charge in [-0.1, -0.05) is 42.5 Å². The van der Waals surface area contributed by atoms with Gasteiger partial charge >= 0.3 is 0 Å². The molecule has 0 unspecified atom stereocenters. The minimum atomic E-state index is -0.344. The summed E-state index contributed by atoms with van der Waals surface area (Å²) in [6.45, 7) is 0. The molecule has 3 rings (SSSR count). The number of hydrogen-bond donors (Lipinski definition) is 0. The lowest BCUT2D eigenvalue weighted by Crippen LogP contribution is -1.98. The van der Waals surface area contributed by atoms with E-state index in [1.807, 2.05) is 30.3 Å². The quantitative estimate of drug-likeness (QED) is 0.731. The molecule has 0 aliphatic carbocycles. The Hall–Kier alpha value is -2.93. The van der Waals surface area contributed by atoms with E-state index >= 15 is 0 Å². The number of nitriles is 1. The Labute approximate surface area is 121 Å². The molecule has 21 heavy (non-hydrogen) atoms. The van der Waals surface area contributed by atoms with Gasteiger partial charge in [-0.15, -0.1) is 0 Å². The summed E-state index contributed by atoms with van der Waals surface area (Å²) in [6, 6.07) is 18.2. The summed E-state index contributed by atoms with van der Waals surface area (Å²) in [7, 11) is 0. The van der Waals surface area contributed by atoms with Crippen LogP contribution in [0.25, 0.3) is 16.8 Å². The minimum Gasteiger partial charge on any atom is -0.237 e. The van der Waals surface area contributed by atoms with Crippen molar-refractivity contribution in [2.75, 3.05) is 0 Å². The molecule has 0 fully saturated rings. The summed E-state index contributed by atoms with van der Waals surface area (Å²) in [5.41, 5.74) is 2.83. The summed E-state index contributed by atoms with van der Waals surface area (Å²) >= 11 is 0. The van der Waals surface area contributed by atoms with E-state index < -0.39 is 0 Å². The van der Waals surface area contributed by atoms with Crippen molar-refractivity contribution in [1.29, 1.82) is 5.26 Å². The zero-order valence-corrected chi connectivity index (χ0v) is 11.2. The second kappa shape index (κ2) is 5.59. The summed E-state index contributed by atoms with van der Waals surface area (Å²) < 4.78 is 15.4. The van der Waals surface area contributed by atoms with Crippen LogP contribution in [0.3, 0.4) is 0 Å². The smallest absolute Gasteiger partial charge is 0.148 e. The van der Waals surface area contributed by atoms with Gasteiger partial charge in [0.1, 0.15) is 11.5 Å². The molecule has 102 valence electrons. The average molecular weight is 277 g/mol. The highest BCUT2D eigenvalue weighted by molar-refractivity contribution is 5.66. The number of halogens is 1. The van der Waals surface area contributed by atoms with Crippen LogP contribution in [-0.2, 0) is 6.42 Å². The van der Waals surface area contributed by atoms with Crippen molar-refractivity contribution in [3.8, 4) is 22.9 Å². The molecule has 1 heterocycles. The topological polar surface area (TPSA) is 41.6 Å². The number of benzene rings is 2. The molecule has 1 aromatic heterocycles. The van der Waals surface area contributed by atoms with Crippen LogP contribution in [0, 0.1) is 17.1 Å². The molecule has 0 saturated heterocycles. The Bertz CT molecular complexity index is 800. The van der Waals surface area contributed by atoms with Gasteiger partial charge in [-0.25, -0.2) is 9.07 Å². The first-order valence-corrected chi connectivity index (χ1v) is 6.55. The van der Waals surface area contributed by atoms with E-state index in [2.05, 4.69) is 11.2 Å². The molecular weight excluding hydrogens is 265 g/mol. The maximum Gasteiger partial charge on any atom is 0.148 e. The first kappa shape index (κ1) is 13.1. The molecule has 0 radical (unpaired) electrons. The highest BCUT2D eigenvalue weighted by atomic mass is 19.1.